The number of anilines is 1. The van der Waals surface area contributed by atoms with Gasteiger partial charge in [-0.3, -0.25) is 9.52 Å². The fourth-order valence-electron chi connectivity index (χ4n) is 3.43. The number of aromatic hydroxyl groups is 1. The molecule has 2 aromatic heterocycles. The molecule has 0 aliphatic heterocycles. The Morgan fingerprint density at radius 3 is 2.03 bits per heavy atom. The van der Waals surface area contributed by atoms with Crippen molar-refractivity contribution in [3.63, 3.8) is 0 Å². The van der Waals surface area contributed by atoms with E-state index in [1.165, 1.54) is 39.8 Å². The largest absolute Gasteiger partial charge is 0.492 e. The third-order valence-corrected chi connectivity index (χ3v) is 7.25. The minimum absolute atomic E-state index is 0.0150. The van der Waals surface area contributed by atoms with Gasteiger partial charge in [0.2, 0.25) is 11.6 Å². The van der Waals surface area contributed by atoms with Gasteiger partial charge >= 0.3 is 5.56 Å². The maximum absolute atomic E-state index is 13.3. The summed E-state index contributed by atoms with van der Waals surface area (Å²) in [5.41, 5.74) is 0.550. The molecule has 10 nitrogen and oxygen atoms in total. The molecule has 0 saturated carbocycles. The van der Waals surface area contributed by atoms with Crippen molar-refractivity contribution in [2.24, 2.45) is 10.2 Å². The van der Waals surface area contributed by atoms with Crippen LogP contribution in [0.25, 0.3) is 11.4 Å². The van der Waals surface area contributed by atoms with Crippen molar-refractivity contribution in [1.82, 2.24) is 14.3 Å². The highest BCUT2D eigenvalue weighted by Gasteiger charge is 2.22. The van der Waals surface area contributed by atoms with Crippen LogP contribution in [0.15, 0.2) is 116 Å². The van der Waals surface area contributed by atoms with E-state index in [9.17, 15) is 18.3 Å². The molecule has 180 valence electrons. The first-order valence-electron chi connectivity index (χ1n) is 10.6. The number of benzene rings is 3. The van der Waals surface area contributed by atoms with Crippen LogP contribution in [0.1, 0.15) is 0 Å². The lowest BCUT2D eigenvalue weighted by atomic mass is 10.3. The summed E-state index contributed by atoms with van der Waals surface area (Å²) < 4.78 is 30.1. The third-order valence-electron chi connectivity index (χ3n) is 5.08. The Bertz CT molecular complexity index is 1680. The van der Waals surface area contributed by atoms with E-state index in [1.54, 1.807) is 53.9 Å². The first-order valence-corrected chi connectivity index (χ1v) is 12.9. The number of hydrogen-bond acceptors (Lipinski definition) is 8. The zero-order chi connectivity index (χ0) is 25.1. The van der Waals surface area contributed by atoms with E-state index in [0.29, 0.717) is 17.1 Å². The standard InChI is InChI=1S/C24H18N6O4S2/c31-22-21(23(32)30(19-9-5-2-6-10-19)29(22)18-7-3-1-4-8-18)27-26-17-11-13-20(14-12-17)36(33,34)28-24-25-15-16-35-24/h1-16,31H,(H,25,28). The molecule has 0 amide bonds. The molecule has 5 rings (SSSR count). The lowest BCUT2D eigenvalue weighted by molar-refractivity contribution is 0.426. The van der Waals surface area contributed by atoms with Crippen LogP contribution in [-0.2, 0) is 10.0 Å². The van der Waals surface area contributed by atoms with Gasteiger partial charge < -0.3 is 5.11 Å². The number of nitrogens with zero attached hydrogens (tertiary/aromatic N) is 5. The molecule has 2 N–H and O–H groups in total. The van der Waals surface area contributed by atoms with Gasteiger partial charge in [-0.25, -0.2) is 22.8 Å². The summed E-state index contributed by atoms with van der Waals surface area (Å²) in [7, 11) is -3.82. The highest BCUT2D eigenvalue weighted by atomic mass is 32.2. The van der Waals surface area contributed by atoms with Crippen molar-refractivity contribution in [3.8, 4) is 17.3 Å². The average Bonchev–Trinajstić information content (AvgIpc) is 3.49. The maximum atomic E-state index is 13.3. The van der Waals surface area contributed by atoms with Crippen LogP contribution in [0.4, 0.5) is 16.5 Å². The van der Waals surface area contributed by atoms with Crippen LogP contribution >= 0.6 is 11.3 Å². The summed E-state index contributed by atoms with van der Waals surface area (Å²) in [5, 5.41) is 20.9. The van der Waals surface area contributed by atoms with Gasteiger partial charge in [0.05, 0.1) is 22.0 Å². The summed E-state index contributed by atoms with van der Waals surface area (Å²) in [6.07, 6.45) is 1.50. The molecule has 3 aromatic carbocycles. The molecular formula is C24H18N6O4S2. The number of aromatic nitrogens is 3. The fourth-order valence-corrected chi connectivity index (χ4v) is 5.21. The molecule has 0 bridgehead atoms. The summed E-state index contributed by atoms with van der Waals surface area (Å²) in [4.78, 5) is 17.2. The van der Waals surface area contributed by atoms with Gasteiger partial charge in [-0.2, -0.15) is 5.11 Å². The van der Waals surface area contributed by atoms with Crippen molar-refractivity contribution < 1.29 is 13.5 Å². The quantitative estimate of drug-likeness (QED) is 0.293. The molecule has 12 heteroatoms. The topological polar surface area (TPSA) is 131 Å². The number of para-hydroxylation sites is 2. The lowest BCUT2D eigenvalue weighted by Crippen LogP contribution is -2.20. The van der Waals surface area contributed by atoms with Gasteiger partial charge in [0.15, 0.2) is 5.13 Å². The van der Waals surface area contributed by atoms with Gasteiger partial charge in [-0.15, -0.1) is 16.5 Å². The SMILES string of the molecule is O=c1c(N=Nc2ccc(S(=O)(=O)Nc3nccs3)cc2)c(O)n(-c2ccccc2)n1-c1ccccc1. The molecule has 36 heavy (non-hydrogen) atoms. The normalized spacial score (nSPS) is 11.7. The Hall–Kier alpha value is -4.55. The minimum Gasteiger partial charge on any atom is -0.492 e. The van der Waals surface area contributed by atoms with Crippen LogP contribution in [0, 0.1) is 0 Å². The Labute approximate surface area is 209 Å². The minimum atomic E-state index is -3.82. The molecule has 5 aromatic rings. The first kappa shape index (κ1) is 23.2. The van der Waals surface area contributed by atoms with Crippen LogP contribution in [-0.4, -0.2) is 27.9 Å². The van der Waals surface area contributed by atoms with Gasteiger partial charge in [0, 0.05) is 11.6 Å². The first-order chi connectivity index (χ1) is 17.4. The van der Waals surface area contributed by atoms with E-state index in [-0.39, 0.29) is 21.6 Å². The molecule has 0 saturated heterocycles. The van der Waals surface area contributed by atoms with Gasteiger partial charge in [-0.05, 0) is 48.5 Å². The van der Waals surface area contributed by atoms with Crippen LogP contribution in [0.3, 0.4) is 0 Å². The second kappa shape index (κ2) is 9.60. The maximum Gasteiger partial charge on any atom is 0.303 e. The predicted molar refractivity (Wildman–Crippen MR) is 137 cm³/mol. The van der Waals surface area contributed by atoms with E-state index < -0.39 is 15.6 Å². The molecule has 0 fully saturated rings. The van der Waals surface area contributed by atoms with Crippen molar-refractivity contribution >= 4 is 37.9 Å². The smallest absolute Gasteiger partial charge is 0.303 e. The zero-order valence-electron chi connectivity index (χ0n) is 18.5. The molecule has 0 aliphatic rings. The van der Waals surface area contributed by atoms with E-state index >= 15 is 0 Å². The summed E-state index contributed by atoms with van der Waals surface area (Å²) in [6.45, 7) is 0. The monoisotopic (exact) mass is 518 g/mol. The Balaban J connectivity index is 1.50. The molecule has 0 unspecified atom stereocenters. The number of thiazole rings is 1. The second-order valence-corrected chi connectivity index (χ2v) is 9.99. The van der Waals surface area contributed by atoms with Crippen molar-refractivity contribution in [3.05, 3.63) is 107 Å². The van der Waals surface area contributed by atoms with E-state index in [0.717, 1.165) is 11.3 Å². The van der Waals surface area contributed by atoms with E-state index in [2.05, 4.69) is 19.9 Å². The molecule has 0 atom stereocenters. The van der Waals surface area contributed by atoms with E-state index in [4.69, 9.17) is 0 Å². The Kier molecular flexibility index (Phi) is 6.19. The lowest BCUT2D eigenvalue weighted by Gasteiger charge is -2.12. The van der Waals surface area contributed by atoms with E-state index in [1.807, 2.05) is 12.1 Å². The highest BCUT2D eigenvalue weighted by molar-refractivity contribution is 7.93. The Morgan fingerprint density at radius 1 is 0.833 bits per heavy atom. The summed E-state index contributed by atoms with van der Waals surface area (Å²) in [5.74, 6) is -0.384. The number of nitrogens with one attached hydrogen (secondary N) is 1. The van der Waals surface area contributed by atoms with Crippen molar-refractivity contribution in [2.75, 3.05) is 4.72 Å². The van der Waals surface area contributed by atoms with Gasteiger partial charge in [0.25, 0.3) is 10.0 Å². The number of sulfonamides is 1. The second-order valence-electron chi connectivity index (χ2n) is 7.41. The van der Waals surface area contributed by atoms with Crippen molar-refractivity contribution in [2.45, 2.75) is 4.90 Å². The van der Waals surface area contributed by atoms with Crippen LogP contribution < -0.4 is 10.3 Å². The molecule has 0 radical (unpaired) electrons. The third kappa shape index (κ3) is 4.54. The molecule has 2 heterocycles. The highest BCUT2D eigenvalue weighted by Crippen LogP contribution is 2.30. The summed E-state index contributed by atoms with van der Waals surface area (Å²) in [6, 6.07) is 23.4. The molecular weight excluding hydrogens is 500 g/mol. The number of rotatable bonds is 7. The summed E-state index contributed by atoms with van der Waals surface area (Å²) >= 11 is 1.16. The van der Waals surface area contributed by atoms with Gasteiger partial charge in [-0.1, -0.05) is 36.4 Å². The predicted octanol–water partition coefficient (Wildman–Crippen LogP) is 5.01. The fraction of sp³-hybridized carbons (Fsp3) is 0. The average molecular weight is 519 g/mol. The van der Waals surface area contributed by atoms with Crippen LogP contribution in [0.2, 0.25) is 0 Å². The molecule has 0 aliphatic carbocycles. The number of azo groups is 1. The Morgan fingerprint density at radius 2 is 1.44 bits per heavy atom. The molecule has 0 spiro atoms. The zero-order valence-corrected chi connectivity index (χ0v) is 20.1. The number of hydrogen-bond donors (Lipinski definition) is 2. The van der Waals surface area contributed by atoms with Crippen molar-refractivity contribution in [1.29, 1.82) is 0 Å². The van der Waals surface area contributed by atoms with Crippen LogP contribution in [0.5, 0.6) is 5.88 Å². The van der Waals surface area contributed by atoms with Gasteiger partial charge in [0.1, 0.15) is 0 Å².